The summed E-state index contributed by atoms with van der Waals surface area (Å²) in [6, 6.07) is 0. The minimum Gasteiger partial charge on any atom is -0.444 e. The van der Waals surface area contributed by atoms with Gasteiger partial charge in [0.25, 0.3) is 0 Å². The molecule has 0 aromatic rings. The van der Waals surface area contributed by atoms with E-state index >= 15 is 0 Å². The van der Waals surface area contributed by atoms with Crippen molar-refractivity contribution in [2.24, 2.45) is 0 Å². The highest BCUT2D eigenvalue weighted by Gasteiger charge is 2.27. The van der Waals surface area contributed by atoms with Gasteiger partial charge >= 0.3 is 6.09 Å². The molecule has 1 amide bonds. The average Bonchev–Trinajstić information content (AvgIpc) is 2.15. The van der Waals surface area contributed by atoms with Crippen molar-refractivity contribution in [3.05, 3.63) is 0 Å². The Morgan fingerprint density at radius 1 is 1.60 bits per heavy atom. The Morgan fingerprint density at radius 2 is 2.27 bits per heavy atom. The van der Waals surface area contributed by atoms with Crippen molar-refractivity contribution in [3.8, 4) is 0 Å². The lowest BCUT2D eigenvalue weighted by atomic mass is 10.2. The van der Waals surface area contributed by atoms with Gasteiger partial charge in [0, 0.05) is 6.54 Å². The third-order valence-corrected chi connectivity index (χ3v) is 1.96. The Morgan fingerprint density at radius 3 is 2.80 bits per heavy atom. The van der Waals surface area contributed by atoms with Crippen molar-refractivity contribution in [1.29, 1.82) is 0 Å². The van der Waals surface area contributed by atoms with Crippen LogP contribution in [0.1, 0.15) is 20.8 Å². The van der Waals surface area contributed by atoms with E-state index in [0.29, 0.717) is 13.2 Å². The second kappa shape index (κ2) is 4.79. The number of hydrogen-bond donors (Lipinski definition) is 0. The Kier molecular flexibility index (Phi) is 3.90. The molecule has 15 heavy (non-hydrogen) atoms. The van der Waals surface area contributed by atoms with E-state index in [1.165, 1.54) is 4.90 Å². The SMILES string of the molecule is CC(C)(C)OC(=O)N1CCO[C@H](CF)C1. The van der Waals surface area contributed by atoms with Gasteiger partial charge in [0.15, 0.2) is 0 Å². The fourth-order valence-corrected chi connectivity index (χ4v) is 1.31. The lowest BCUT2D eigenvalue weighted by Crippen LogP contribution is -2.48. The molecule has 1 atom stereocenters. The maximum Gasteiger partial charge on any atom is 0.410 e. The molecule has 0 saturated carbocycles. The second-order valence-corrected chi connectivity index (χ2v) is 4.57. The van der Waals surface area contributed by atoms with Crippen LogP contribution in [0.3, 0.4) is 0 Å². The number of hydrogen-bond acceptors (Lipinski definition) is 3. The van der Waals surface area contributed by atoms with Gasteiger partial charge in [-0.15, -0.1) is 0 Å². The fourth-order valence-electron chi connectivity index (χ4n) is 1.31. The molecule has 4 nitrogen and oxygen atoms in total. The number of alkyl halides is 1. The van der Waals surface area contributed by atoms with Crippen molar-refractivity contribution >= 4 is 6.09 Å². The summed E-state index contributed by atoms with van der Waals surface area (Å²) in [5, 5.41) is 0. The van der Waals surface area contributed by atoms with Crippen LogP contribution in [0.4, 0.5) is 9.18 Å². The van der Waals surface area contributed by atoms with E-state index in [4.69, 9.17) is 9.47 Å². The van der Waals surface area contributed by atoms with Crippen molar-refractivity contribution < 1.29 is 18.7 Å². The number of ether oxygens (including phenoxy) is 2. The molecule has 0 spiro atoms. The molecule has 0 unspecified atom stereocenters. The monoisotopic (exact) mass is 219 g/mol. The van der Waals surface area contributed by atoms with Crippen LogP contribution in [0.2, 0.25) is 0 Å². The van der Waals surface area contributed by atoms with Gasteiger partial charge in [-0.3, -0.25) is 0 Å². The van der Waals surface area contributed by atoms with Crippen LogP contribution in [0.5, 0.6) is 0 Å². The summed E-state index contributed by atoms with van der Waals surface area (Å²) in [5.74, 6) is 0. The predicted octanol–water partition coefficient (Wildman–Crippen LogP) is 1.59. The normalized spacial score (nSPS) is 22.7. The van der Waals surface area contributed by atoms with Crippen LogP contribution >= 0.6 is 0 Å². The highest BCUT2D eigenvalue weighted by molar-refractivity contribution is 5.68. The molecule has 1 heterocycles. The fraction of sp³-hybridized carbons (Fsp3) is 0.900. The number of carbonyl (C=O) groups is 1. The first-order chi connectivity index (χ1) is 6.92. The van der Waals surface area contributed by atoms with Gasteiger partial charge in [0.2, 0.25) is 0 Å². The molecule has 1 rings (SSSR count). The summed E-state index contributed by atoms with van der Waals surface area (Å²) in [6.07, 6.45) is -0.907. The predicted molar refractivity (Wildman–Crippen MR) is 53.5 cm³/mol. The summed E-state index contributed by atoms with van der Waals surface area (Å²) >= 11 is 0. The highest BCUT2D eigenvalue weighted by Crippen LogP contribution is 2.13. The lowest BCUT2D eigenvalue weighted by molar-refractivity contribution is -0.0489. The number of morpholine rings is 1. The lowest BCUT2D eigenvalue weighted by Gasteiger charge is -2.33. The minimum absolute atomic E-state index is 0.269. The number of halogens is 1. The first kappa shape index (κ1) is 12.2. The maximum atomic E-state index is 12.3. The van der Waals surface area contributed by atoms with E-state index in [0.717, 1.165) is 0 Å². The molecule has 0 radical (unpaired) electrons. The van der Waals surface area contributed by atoms with E-state index in [9.17, 15) is 9.18 Å². The van der Waals surface area contributed by atoms with Crippen molar-refractivity contribution in [1.82, 2.24) is 4.90 Å². The topological polar surface area (TPSA) is 38.8 Å². The molecule has 0 N–H and O–H groups in total. The van der Waals surface area contributed by atoms with Crippen LogP contribution < -0.4 is 0 Å². The molecular formula is C10H18FNO3. The van der Waals surface area contributed by atoms with E-state index in [2.05, 4.69) is 0 Å². The Bertz CT molecular complexity index is 227. The van der Waals surface area contributed by atoms with Crippen molar-refractivity contribution in [2.45, 2.75) is 32.5 Å². The quantitative estimate of drug-likeness (QED) is 0.672. The third kappa shape index (κ3) is 4.03. The standard InChI is InChI=1S/C10H18FNO3/c1-10(2,3)15-9(13)12-4-5-14-8(6-11)7-12/h8H,4-7H2,1-3H3/t8-/m1/s1. The van der Waals surface area contributed by atoms with Crippen LogP contribution in [-0.4, -0.2) is 49.1 Å². The van der Waals surface area contributed by atoms with Crippen LogP contribution in [0.15, 0.2) is 0 Å². The summed E-state index contributed by atoms with van der Waals surface area (Å²) in [7, 11) is 0. The molecule has 1 fully saturated rings. The minimum atomic E-state index is -0.570. The van der Waals surface area contributed by atoms with Crippen LogP contribution in [-0.2, 0) is 9.47 Å². The molecular weight excluding hydrogens is 201 g/mol. The number of carbonyl (C=O) groups excluding carboxylic acids is 1. The number of rotatable bonds is 1. The molecule has 5 heteroatoms. The average molecular weight is 219 g/mol. The molecule has 0 bridgehead atoms. The largest absolute Gasteiger partial charge is 0.444 e. The summed E-state index contributed by atoms with van der Waals surface area (Å²) in [4.78, 5) is 13.1. The molecule has 0 aliphatic carbocycles. The zero-order valence-electron chi connectivity index (χ0n) is 9.46. The Labute approximate surface area is 89.3 Å². The smallest absolute Gasteiger partial charge is 0.410 e. The number of nitrogens with zero attached hydrogens (tertiary/aromatic N) is 1. The molecule has 1 saturated heterocycles. The zero-order valence-corrected chi connectivity index (χ0v) is 9.46. The van der Waals surface area contributed by atoms with Gasteiger partial charge in [-0.25, -0.2) is 9.18 Å². The molecule has 1 aliphatic heterocycles. The Hall–Kier alpha value is -0.840. The molecule has 1 aliphatic rings. The van der Waals surface area contributed by atoms with Gasteiger partial charge in [-0.2, -0.15) is 0 Å². The van der Waals surface area contributed by atoms with Gasteiger partial charge in [0.05, 0.1) is 13.2 Å². The highest BCUT2D eigenvalue weighted by atomic mass is 19.1. The second-order valence-electron chi connectivity index (χ2n) is 4.57. The van der Waals surface area contributed by atoms with Crippen molar-refractivity contribution in [2.75, 3.05) is 26.4 Å². The molecule has 0 aromatic heterocycles. The van der Waals surface area contributed by atoms with E-state index in [1.807, 2.05) is 0 Å². The third-order valence-electron chi connectivity index (χ3n) is 1.96. The zero-order chi connectivity index (χ0) is 11.5. The van der Waals surface area contributed by atoms with E-state index < -0.39 is 24.5 Å². The summed E-state index contributed by atoms with van der Waals surface area (Å²) in [6.45, 7) is 5.94. The van der Waals surface area contributed by atoms with Gasteiger partial charge < -0.3 is 14.4 Å². The Balaban J connectivity index is 2.45. The molecule has 88 valence electrons. The van der Waals surface area contributed by atoms with E-state index in [-0.39, 0.29) is 6.54 Å². The van der Waals surface area contributed by atoms with Gasteiger partial charge in [-0.05, 0) is 20.8 Å². The number of amides is 1. The molecule has 0 aromatic carbocycles. The van der Waals surface area contributed by atoms with Crippen LogP contribution in [0.25, 0.3) is 0 Å². The first-order valence-corrected chi connectivity index (χ1v) is 5.08. The van der Waals surface area contributed by atoms with Crippen LogP contribution in [0, 0.1) is 0 Å². The van der Waals surface area contributed by atoms with E-state index in [1.54, 1.807) is 20.8 Å². The van der Waals surface area contributed by atoms with Gasteiger partial charge in [0.1, 0.15) is 18.4 Å². The van der Waals surface area contributed by atoms with Crippen molar-refractivity contribution in [3.63, 3.8) is 0 Å². The summed E-state index contributed by atoms with van der Waals surface area (Å²) < 4.78 is 22.6. The summed E-state index contributed by atoms with van der Waals surface area (Å²) in [5.41, 5.74) is -0.513. The maximum absolute atomic E-state index is 12.3. The first-order valence-electron chi connectivity index (χ1n) is 5.08. The van der Waals surface area contributed by atoms with Gasteiger partial charge in [-0.1, -0.05) is 0 Å².